The van der Waals surface area contributed by atoms with Crippen LogP contribution in [0.25, 0.3) is 11.1 Å². The number of hydrogen-bond donors (Lipinski definition) is 3. The van der Waals surface area contributed by atoms with Crippen LogP contribution in [0.3, 0.4) is 0 Å². The molecule has 3 atom stereocenters. The third-order valence-electron chi connectivity index (χ3n) is 9.49. The van der Waals surface area contributed by atoms with Gasteiger partial charge in [-0.05, 0) is 90.8 Å². The Morgan fingerprint density at radius 3 is 2.32 bits per heavy atom. The minimum Gasteiger partial charge on any atom is -0.493 e. The Morgan fingerprint density at radius 2 is 1.70 bits per heavy atom. The SMILES string of the molecule is CC[C@@H](C)[C@H](Nc1ccc2c(cc1=O)[C@@H](NC(C)=O)CCc1cc(OC)c(OC)c(OC)c1-2)C(=O)Nc1ccc(N2CCCCS2(=O)=O)cc1. The lowest BCUT2D eigenvalue weighted by Gasteiger charge is -2.28. The number of sulfonamides is 1. The summed E-state index contributed by atoms with van der Waals surface area (Å²) in [5.74, 6) is 0.732. The first-order valence-electron chi connectivity index (χ1n) is 16.9. The van der Waals surface area contributed by atoms with Crippen molar-refractivity contribution in [3.05, 3.63) is 69.9 Å². The second-order valence-electron chi connectivity index (χ2n) is 12.7. The molecule has 0 aromatic heterocycles. The van der Waals surface area contributed by atoms with E-state index in [-0.39, 0.29) is 34.6 Å². The lowest BCUT2D eigenvalue weighted by Crippen LogP contribution is -2.40. The number of carbonyl (C=O) groups excluding carboxylic acids is 2. The molecule has 1 heterocycles. The molecule has 50 heavy (non-hydrogen) atoms. The van der Waals surface area contributed by atoms with Gasteiger partial charge in [-0.1, -0.05) is 26.3 Å². The van der Waals surface area contributed by atoms with Crippen molar-refractivity contribution in [3.63, 3.8) is 0 Å². The Bertz CT molecular complexity index is 1920. The van der Waals surface area contributed by atoms with Gasteiger partial charge in [0, 0.05) is 24.7 Å². The van der Waals surface area contributed by atoms with Gasteiger partial charge in [0.25, 0.3) is 0 Å². The molecule has 0 spiro atoms. The maximum atomic E-state index is 14.0. The van der Waals surface area contributed by atoms with E-state index in [0.29, 0.717) is 72.0 Å². The van der Waals surface area contributed by atoms with E-state index in [1.54, 1.807) is 44.6 Å². The van der Waals surface area contributed by atoms with Gasteiger partial charge in [-0.3, -0.25) is 18.7 Å². The number of anilines is 3. The van der Waals surface area contributed by atoms with E-state index in [0.717, 1.165) is 17.5 Å². The van der Waals surface area contributed by atoms with Crippen molar-refractivity contribution in [1.29, 1.82) is 0 Å². The van der Waals surface area contributed by atoms with Crippen molar-refractivity contribution >= 4 is 38.9 Å². The van der Waals surface area contributed by atoms with Crippen LogP contribution in [0.5, 0.6) is 17.2 Å². The van der Waals surface area contributed by atoms with Crippen molar-refractivity contribution in [1.82, 2.24) is 5.32 Å². The largest absolute Gasteiger partial charge is 0.493 e. The predicted octanol–water partition coefficient (Wildman–Crippen LogP) is 5.26. The average molecular weight is 707 g/mol. The Hall–Kier alpha value is -4.78. The zero-order chi connectivity index (χ0) is 36.2. The van der Waals surface area contributed by atoms with Crippen LogP contribution in [0.1, 0.15) is 63.6 Å². The van der Waals surface area contributed by atoms with Gasteiger partial charge in [-0.2, -0.15) is 0 Å². The number of carbonyl (C=O) groups is 2. The van der Waals surface area contributed by atoms with Crippen LogP contribution < -0.4 is 39.9 Å². The molecule has 2 amide bonds. The summed E-state index contributed by atoms with van der Waals surface area (Å²) in [5.41, 5.74) is 3.85. The molecule has 1 aliphatic heterocycles. The highest BCUT2D eigenvalue weighted by atomic mass is 32.2. The number of methoxy groups -OCH3 is 3. The Morgan fingerprint density at radius 1 is 0.980 bits per heavy atom. The molecule has 3 aromatic rings. The summed E-state index contributed by atoms with van der Waals surface area (Å²) < 4.78 is 43.7. The first-order valence-corrected chi connectivity index (χ1v) is 18.5. The van der Waals surface area contributed by atoms with E-state index < -0.39 is 22.1 Å². The molecule has 1 saturated heterocycles. The fraction of sp³-hybridized carbons (Fsp3) is 0.432. The summed E-state index contributed by atoms with van der Waals surface area (Å²) in [6.45, 7) is 5.76. The highest BCUT2D eigenvalue weighted by Gasteiger charge is 2.31. The van der Waals surface area contributed by atoms with Crippen LogP contribution in [-0.2, 0) is 26.0 Å². The van der Waals surface area contributed by atoms with Gasteiger partial charge in [0.1, 0.15) is 6.04 Å². The molecule has 268 valence electrons. The molecule has 1 aliphatic carbocycles. The zero-order valence-corrected chi connectivity index (χ0v) is 30.2. The third-order valence-corrected chi connectivity index (χ3v) is 11.4. The molecule has 0 radical (unpaired) electrons. The lowest BCUT2D eigenvalue weighted by atomic mass is 9.95. The predicted molar refractivity (Wildman–Crippen MR) is 195 cm³/mol. The number of rotatable bonds is 11. The van der Waals surface area contributed by atoms with Crippen LogP contribution in [0.4, 0.5) is 17.1 Å². The third kappa shape index (κ3) is 7.52. The van der Waals surface area contributed by atoms with Gasteiger partial charge in [0.15, 0.2) is 11.5 Å². The van der Waals surface area contributed by atoms with E-state index >= 15 is 0 Å². The summed E-state index contributed by atoms with van der Waals surface area (Å²) in [6.07, 6.45) is 3.17. The number of amides is 2. The summed E-state index contributed by atoms with van der Waals surface area (Å²) >= 11 is 0. The summed E-state index contributed by atoms with van der Waals surface area (Å²) in [6, 6.07) is 12.4. The Balaban J connectivity index is 1.51. The highest BCUT2D eigenvalue weighted by molar-refractivity contribution is 7.92. The summed E-state index contributed by atoms with van der Waals surface area (Å²) in [5, 5.41) is 9.17. The van der Waals surface area contributed by atoms with E-state index in [9.17, 15) is 22.8 Å². The zero-order valence-electron chi connectivity index (χ0n) is 29.4. The number of ether oxygens (including phenoxy) is 3. The molecule has 5 rings (SSSR count). The lowest BCUT2D eigenvalue weighted by molar-refractivity contribution is -0.120. The molecule has 13 heteroatoms. The number of nitrogens with zero attached hydrogens (tertiary/aromatic N) is 1. The van der Waals surface area contributed by atoms with Gasteiger partial charge >= 0.3 is 0 Å². The minimum atomic E-state index is -3.36. The monoisotopic (exact) mass is 706 g/mol. The van der Waals surface area contributed by atoms with Gasteiger partial charge in [-0.25, -0.2) is 8.42 Å². The van der Waals surface area contributed by atoms with Crippen LogP contribution in [0.2, 0.25) is 0 Å². The van der Waals surface area contributed by atoms with E-state index in [2.05, 4.69) is 16.0 Å². The standard InChI is InChI=1S/C37H46N4O8S/c1-7-22(2)34(37(44)39-25-11-13-26(14-12-25)41-18-8-9-19-50(41,45)46)40-30-17-15-27-28(21-31(30)43)29(38-23(3)42)16-10-24-20-32(47-4)35(48-5)36(49-6)33(24)27/h11-15,17,20-22,29,34H,7-10,16,18-19H2,1-6H3,(H,38,42)(H,39,44)(H,40,43)/t22-,29+,34+/m1/s1. The number of hydrogen-bond acceptors (Lipinski definition) is 9. The number of nitrogens with one attached hydrogen (secondary N) is 3. The average Bonchev–Trinajstić information content (AvgIpc) is 3.33. The summed E-state index contributed by atoms with van der Waals surface area (Å²) in [4.78, 5) is 40.1. The van der Waals surface area contributed by atoms with Gasteiger partial charge in [0.05, 0.1) is 44.5 Å². The van der Waals surface area contributed by atoms with E-state index in [4.69, 9.17) is 14.2 Å². The van der Waals surface area contributed by atoms with Gasteiger partial charge in [-0.15, -0.1) is 0 Å². The van der Waals surface area contributed by atoms with Gasteiger partial charge < -0.3 is 30.2 Å². The maximum absolute atomic E-state index is 14.0. The summed E-state index contributed by atoms with van der Waals surface area (Å²) in [7, 11) is 1.26. The Kier molecular flexibility index (Phi) is 11.2. The smallest absolute Gasteiger partial charge is 0.247 e. The molecule has 0 saturated carbocycles. The van der Waals surface area contributed by atoms with Crippen LogP contribution >= 0.6 is 0 Å². The second kappa shape index (κ2) is 15.4. The fourth-order valence-corrected chi connectivity index (χ4v) is 8.35. The quantitative estimate of drug-likeness (QED) is 0.243. The van der Waals surface area contributed by atoms with Crippen molar-refractivity contribution in [2.45, 2.75) is 65.0 Å². The molecule has 2 aliphatic rings. The van der Waals surface area contributed by atoms with Crippen LogP contribution in [0, 0.1) is 5.92 Å². The van der Waals surface area contributed by atoms with E-state index in [1.807, 2.05) is 26.0 Å². The molecule has 12 nitrogen and oxygen atoms in total. The highest BCUT2D eigenvalue weighted by Crippen LogP contribution is 2.50. The molecule has 1 fully saturated rings. The van der Waals surface area contributed by atoms with Crippen molar-refractivity contribution in [2.75, 3.05) is 48.6 Å². The number of aryl methyl sites for hydroxylation is 1. The fourth-order valence-electron chi connectivity index (χ4n) is 6.71. The first kappa shape index (κ1) is 36.5. The molecule has 0 bridgehead atoms. The molecule has 3 N–H and O–H groups in total. The van der Waals surface area contributed by atoms with Crippen molar-refractivity contribution < 1.29 is 32.2 Å². The maximum Gasteiger partial charge on any atom is 0.247 e. The molecule has 0 unspecified atom stereocenters. The topological polar surface area (TPSA) is 152 Å². The number of fused-ring (bicyclic) bond motifs is 3. The molecular formula is C37H46N4O8S. The van der Waals surface area contributed by atoms with E-state index in [1.165, 1.54) is 24.4 Å². The normalized spacial score (nSPS) is 17.6. The van der Waals surface area contributed by atoms with Gasteiger partial charge in [0.2, 0.25) is 33.0 Å². The van der Waals surface area contributed by atoms with Crippen LogP contribution in [0.15, 0.2) is 53.3 Å². The minimum absolute atomic E-state index is 0.118. The van der Waals surface area contributed by atoms with Crippen molar-refractivity contribution in [2.24, 2.45) is 5.92 Å². The molecular weight excluding hydrogens is 660 g/mol. The second-order valence-corrected chi connectivity index (χ2v) is 14.7. The molecule has 3 aromatic carbocycles. The van der Waals surface area contributed by atoms with Crippen LogP contribution in [-0.4, -0.2) is 59.9 Å². The van der Waals surface area contributed by atoms with Crippen molar-refractivity contribution in [3.8, 4) is 28.4 Å². The number of benzene rings is 2. The first-order chi connectivity index (χ1) is 23.9. The Labute approximate surface area is 293 Å².